The van der Waals surface area contributed by atoms with Crippen LogP contribution in [-0.4, -0.2) is 36.1 Å². The van der Waals surface area contributed by atoms with Crippen LogP contribution < -0.4 is 9.80 Å². The maximum absolute atomic E-state index is 4.96. The Morgan fingerprint density at radius 2 is 1.66 bits per heavy atom. The minimum atomic E-state index is 0.954. The number of nitrogens with zero attached hydrogens (tertiary/aromatic N) is 4. The molecule has 1 aliphatic heterocycles. The Balaban J connectivity index is 1.35. The molecule has 3 heterocycles. The van der Waals surface area contributed by atoms with Gasteiger partial charge in [-0.3, -0.25) is 4.98 Å². The van der Waals surface area contributed by atoms with Gasteiger partial charge in [-0.15, -0.1) is 11.3 Å². The summed E-state index contributed by atoms with van der Waals surface area (Å²) in [5.41, 5.74) is 6.15. The first-order chi connectivity index (χ1) is 14.2. The van der Waals surface area contributed by atoms with Gasteiger partial charge in [-0.2, -0.15) is 0 Å². The minimum absolute atomic E-state index is 0.954. The van der Waals surface area contributed by atoms with Crippen molar-refractivity contribution in [3.63, 3.8) is 0 Å². The molecule has 146 valence electrons. The van der Waals surface area contributed by atoms with E-state index in [9.17, 15) is 0 Å². The van der Waals surface area contributed by atoms with E-state index < -0.39 is 0 Å². The Hall–Kier alpha value is -2.92. The molecule has 0 saturated carbocycles. The molecule has 0 aliphatic carbocycles. The van der Waals surface area contributed by atoms with Crippen LogP contribution in [0.3, 0.4) is 0 Å². The highest BCUT2D eigenvalue weighted by molar-refractivity contribution is 7.17. The van der Waals surface area contributed by atoms with Crippen LogP contribution >= 0.6 is 11.3 Å². The Morgan fingerprint density at radius 1 is 0.862 bits per heavy atom. The largest absolute Gasteiger partial charge is 0.368 e. The van der Waals surface area contributed by atoms with Crippen LogP contribution in [0.1, 0.15) is 11.1 Å². The van der Waals surface area contributed by atoms with Crippen LogP contribution in [-0.2, 0) is 0 Å². The van der Waals surface area contributed by atoms with Crippen molar-refractivity contribution < 1.29 is 0 Å². The summed E-state index contributed by atoms with van der Waals surface area (Å²) in [6.07, 6.45) is 3.77. The molecule has 4 nitrogen and oxygen atoms in total. The minimum Gasteiger partial charge on any atom is -0.368 e. The van der Waals surface area contributed by atoms with Gasteiger partial charge >= 0.3 is 0 Å². The number of thiophene rings is 1. The zero-order chi connectivity index (χ0) is 19.8. The number of rotatable bonds is 3. The maximum atomic E-state index is 4.96. The molecule has 0 atom stereocenters. The highest BCUT2D eigenvalue weighted by Gasteiger charge is 2.20. The maximum Gasteiger partial charge on any atom is 0.147 e. The summed E-state index contributed by atoms with van der Waals surface area (Å²) in [4.78, 5) is 14.3. The van der Waals surface area contributed by atoms with E-state index in [1.165, 1.54) is 32.5 Å². The SMILES string of the molecule is Cc1ccc(N2CCN(c3cncc(-c4csc5ccccc45)n3)CC2)cc1C. The highest BCUT2D eigenvalue weighted by Crippen LogP contribution is 2.33. The van der Waals surface area contributed by atoms with Gasteiger partial charge in [-0.1, -0.05) is 24.3 Å². The molecule has 29 heavy (non-hydrogen) atoms. The van der Waals surface area contributed by atoms with Gasteiger partial charge in [0.05, 0.1) is 18.1 Å². The lowest BCUT2D eigenvalue weighted by atomic mass is 10.1. The van der Waals surface area contributed by atoms with Gasteiger partial charge in [0.1, 0.15) is 5.82 Å². The fourth-order valence-corrected chi connectivity index (χ4v) is 4.88. The normalized spacial score (nSPS) is 14.6. The number of fused-ring (bicyclic) bond motifs is 1. The number of hydrogen-bond acceptors (Lipinski definition) is 5. The average Bonchev–Trinajstić information content (AvgIpc) is 3.20. The quantitative estimate of drug-likeness (QED) is 0.467. The van der Waals surface area contributed by atoms with Crippen LogP contribution in [0, 0.1) is 13.8 Å². The predicted molar refractivity (Wildman–Crippen MR) is 123 cm³/mol. The van der Waals surface area contributed by atoms with E-state index >= 15 is 0 Å². The first-order valence-electron chi connectivity index (χ1n) is 10.0. The van der Waals surface area contributed by atoms with Crippen molar-refractivity contribution in [3.05, 3.63) is 71.4 Å². The Morgan fingerprint density at radius 3 is 2.48 bits per heavy atom. The lowest BCUT2D eigenvalue weighted by Gasteiger charge is -2.36. The molecule has 0 amide bonds. The predicted octanol–water partition coefficient (Wildman–Crippen LogP) is 5.30. The third-order valence-electron chi connectivity index (χ3n) is 5.84. The van der Waals surface area contributed by atoms with Crippen molar-refractivity contribution in [3.8, 4) is 11.3 Å². The fraction of sp³-hybridized carbons (Fsp3) is 0.250. The van der Waals surface area contributed by atoms with Gasteiger partial charge in [-0.05, 0) is 43.2 Å². The highest BCUT2D eigenvalue weighted by atomic mass is 32.1. The van der Waals surface area contributed by atoms with Crippen molar-refractivity contribution >= 4 is 32.9 Å². The van der Waals surface area contributed by atoms with Gasteiger partial charge in [0, 0.05) is 52.9 Å². The Kier molecular flexibility index (Phi) is 4.68. The third-order valence-corrected chi connectivity index (χ3v) is 6.80. The summed E-state index contributed by atoms with van der Waals surface area (Å²) in [5, 5.41) is 3.44. The molecule has 0 bridgehead atoms. The zero-order valence-electron chi connectivity index (χ0n) is 16.8. The van der Waals surface area contributed by atoms with Gasteiger partial charge in [0.15, 0.2) is 0 Å². The lowest BCUT2D eigenvalue weighted by Crippen LogP contribution is -2.46. The molecule has 5 rings (SSSR count). The van der Waals surface area contributed by atoms with E-state index in [2.05, 4.69) is 76.5 Å². The summed E-state index contributed by atoms with van der Waals surface area (Å²) in [7, 11) is 0. The number of aryl methyl sites for hydroxylation is 2. The number of aromatic nitrogens is 2. The molecule has 0 unspecified atom stereocenters. The second-order valence-electron chi connectivity index (χ2n) is 7.65. The van der Waals surface area contributed by atoms with Crippen molar-refractivity contribution in [2.75, 3.05) is 36.0 Å². The van der Waals surface area contributed by atoms with Crippen LogP contribution in [0.25, 0.3) is 21.3 Å². The monoisotopic (exact) mass is 400 g/mol. The molecular weight excluding hydrogens is 376 g/mol. The molecule has 0 N–H and O–H groups in total. The number of anilines is 2. The molecule has 1 saturated heterocycles. The number of benzene rings is 2. The molecular formula is C24H24N4S. The average molecular weight is 401 g/mol. The number of piperazine rings is 1. The fourth-order valence-electron chi connectivity index (χ4n) is 3.93. The molecule has 1 fully saturated rings. The second kappa shape index (κ2) is 7.48. The Labute approximate surface area is 175 Å². The molecule has 1 aliphatic rings. The molecule has 0 spiro atoms. The van der Waals surface area contributed by atoms with E-state index in [0.29, 0.717) is 0 Å². The van der Waals surface area contributed by atoms with Crippen molar-refractivity contribution in [2.45, 2.75) is 13.8 Å². The molecule has 2 aromatic carbocycles. The summed E-state index contributed by atoms with van der Waals surface area (Å²) in [6.45, 7) is 8.25. The van der Waals surface area contributed by atoms with Crippen molar-refractivity contribution in [2.24, 2.45) is 0 Å². The number of hydrogen-bond donors (Lipinski definition) is 0. The van der Waals surface area contributed by atoms with Gasteiger partial charge in [0.2, 0.25) is 0 Å². The summed E-state index contributed by atoms with van der Waals surface area (Å²) >= 11 is 1.76. The van der Waals surface area contributed by atoms with Crippen molar-refractivity contribution in [1.82, 2.24) is 9.97 Å². The third kappa shape index (κ3) is 3.47. The van der Waals surface area contributed by atoms with E-state index in [4.69, 9.17) is 4.98 Å². The van der Waals surface area contributed by atoms with Crippen LogP contribution in [0.2, 0.25) is 0 Å². The van der Waals surface area contributed by atoms with E-state index in [1.54, 1.807) is 11.3 Å². The van der Waals surface area contributed by atoms with Gasteiger partial charge in [-0.25, -0.2) is 4.98 Å². The first kappa shape index (κ1) is 18.1. The van der Waals surface area contributed by atoms with Gasteiger partial charge in [0.25, 0.3) is 0 Å². The van der Waals surface area contributed by atoms with Crippen molar-refractivity contribution in [1.29, 1.82) is 0 Å². The molecule has 2 aromatic heterocycles. The second-order valence-corrected chi connectivity index (χ2v) is 8.56. The Bertz CT molecular complexity index is 1160. The summed E-state index contributed by atoms with van der Waals surface area (Å²) in [6, 6.07) is 15.2. The summed E-state index contributed by atoms with van der Waals surface area (Å²) < 4.78 is 1.29. The smallest absolute Gasteiger partial charge is 0.147 e. The van der Waals surface area contributed by atoms with E-state index in [0.717, 1.165) is 37.7 Å². The van der Waals surface area contributed by atoms with E-state index in [1.807, 2.05) is 12.4 Å². The first-order valence-corrected chi connectivity index (χ1v) is 10.9. The van der Waals surface area contributed by atoms with Crippen LogP contribution in [0.15, 0.2) is 60.2 Å². The molecule has 5 heteroatoms. The lowest BCUT2D eigenvalue weighted by molar-refractivity contribution is 0.646. The van der Waals surface area contributed by atoms with E-state index in [-0.39, 0.29) is 0 Å². The van der Waals surface area contributed by atoms with Crippen LogP contribution in [0.5, 0.6) is 0 Å². The molecule has 0 radical (unpaired) electrons. The topological polar surface area (TPSA) is 32.3 Å². The molecule has 4 aromatic rings. The zero-order valence-corrected chi connectivity index (χ0v) is 17.6. The summed E-state index contributed by atoms with van der Waals surface area (Å²) in [5.74, 6) is 0.970. The van der Waals surface area contributed by atoms with Crippen LogP contribution in [0.4, 0.5) is 11.5 Å². The standard InChI is InChI=1S/C24H24N4S/c1-17-7-8-19(13-18(17)2)27-9-11-28(12-10-27)24-15-25-14-22(26-24)21-16-29-23-6-4-3-5-20(21)23/h3-8,13-16H,9-12H2,1-2H3. The van der Waals surface area contributed by atoms with Gasteiger partial charge < -0.3 is 9.80 Å².